The van der Waals surface area contributed by atoms with E-state index in [4.69, 9.17) is 0 Å². The lowest BCUT2D eigenvalue weighted by Crippen LogP contribution is -2.48. The summed E-state index contributed by atoms with van der Waals surface area (Å²) in [6.07, 6.45) is 3.61. The number of carbonyl (C=O) groups is 2. The molecule has 148 valence electrons. The van der Waals surface area contributed by atoms with E-state index in [1.165, 1.54) is 11.3 Å². The summed E-state index contributed by atoms with van der Waals surface area (Å²) in [7, 11) is 0. The van der Waals surface area contributed by atoms with Crippen molar-refractivity contribution < 1.29 is 9.59 Å². The molecule has 2 fully saturated rings. The van der Waals surface area contributed by atoms with Crippen molar-refractivity contribution in [2.75, 3.05) is 11.9 Å². The molecule has 1 aromatic carbocycles. The van der Waals surface area contributed by atoms with Crippen LogP contribution in [0.3, 0.4) is 0 Å². The monoisotopic (exact) mass is 399 g/mol. The van der Waals surface area contributed by atoms with Crippen LogP contribution < -0.4 is 10.6 Å². The first-order chi connectivity index (χ1) is 13.4. The molecule has 1 aliphatic heterocycles. The molecule has 1 saturated carbocycles. The van der Waals surface area contributed by atoms with E-state index in [0.29, 0.717) is 24.1 Å². The van der Waals surface area contributed by atoms with Crippen LogP contribution in [0, 0.1) is 0 Å². The maximum Gasteiger partial charge on any atom is 0.324 e. The van der Waals surface area contributed by atoms with Gasteiger partial charge in [-0.2, -0.15) is 0 Å². The number of likely N-dealkylation sites (tertiary alicyclic amines) is 1. The predicted octanol–water partition coefficient (Wildman–Crippen LogP) is 3.14. The van der Waals surface area contributed by atoms with Gasteiger partial charge in [0.1, 0.15) is 11.0 Å². The minimum absolute atomic E-state index is 0.0432. The highest BCUT2D eigenvalue weighted by Gasteiger charge is 2.37. The van der Waals surface area contributed by atoms with Crippen LogP contribution in [0.25, 0.3) is 0 Å². The number of aromatic nitrogens is 2. The van der Waals surface area contributed by atoms with Crippen LogP contribution in [0.4, 0.5) is 9.93 Å². The maximum absolute atomic E-state index is 12.7. The Morgan fingerprint density at radius 3 is 2.61 bits per heavy atom. The zero-order chi connectivity index (χ0) is 19.7. The van der Waals surface area contributed by atoms with Crippen molar-refractivity contribution in [1.82, 2.24) is 20.4 Å². The summed E-state index contributed by atoms with van der Waals surface area (Å²) in [4.78, 5) is 26.7. The summed E-state index contributed by atoms with van der Waals surface area (Å²) in [5.41, 5.74) is 0.836. The van der Waals surface area contributed by atoms with E-state index < -0.39 is 6.04 Å². The van der Waals surface area contributed by atoms with Gasteiger partial charge in [-0.15, -0.1) is 10.2 Å². The van der Waals surface area contributed by atoms with Gasteiger partial charge >= 0.3 is 6.03 Å². The van der Waals surface area contributed by atoms with Crippen molar-refractivity contribution in [3.8, 4) is 0 Å². The Hall–Kier alpha value is -2.48. The standard InChI is InChI=1S/C20H25N5O2S/c1-20(2,13-7-4-3-5-8-13)17-23-24-18(28-17)22-19(27)25-12-6-9-15(25)16(26)21-14-10-11-14/h3-5,7-8,14-15H,6,9-12H2,1-2H3,(H,21,26)(H,22,24,27). The Kier molecular flexibility index (Phi) is 5.05. The van der Waals surface area contributed by atoms with Crippen LogP contribution in [0.1, 0.15) is 50.1 Å². The largest absolute Gasteiger partial charge is 0.352 e. The SMILES string of the molecule is CC(C)(c1ccccc1)c1nnc(NC(=O)N2CCCC2C(=O)NC2CC2)s1. The molecule has 8 heteroatoms. The zero-order valence-electron chi connectivity index (χ0n) is 16.1. The molecule has 2 N–H and O–H groups in total. The lowest BCUT2D eigenvalue weighted by atomic mass is 9.85. The molecule has 1 aliphatic carbocycles. The summed E-state index contributed by atoms with van der Waals surface area (Å²) in [6.45, 7) is 4.76. The number of nitrogens with zero attached hydrogens (tertiary/aromatic N) is 3. The first-order valence-corrected chi connectivity index (χ1v) is 10.5. The van der Waals surface area contributed by atoms with E-state index in [-0.39, 0.29) is 17.4 Å². The van der Waals surface area contributed by atoms with Gasteiger partial charge in [-0.25, -0.2) is 4.79 Å². The normalized spacial score (nSPS) is 19.5. The molecule has 2 heterocycles. The van der Waals surface area contributed by atoms with Crippen LogP contribution in [-0.2, 0) is 10.2 Å². The second-order valence-electron chi connectivity index (χ2n) is 7.97. The summed E-state index contributed by atoms with van der Waals surface area (Å²) in [5, 5.41) is 15.6. The van der Waals surface area contributed by atoms with E-state index in [1.807, 2.05) is 18.2 Å². The predicted molar refractivity (Wildman–Crippen MR) is 108 cm³/mol. The number of hydrogen-bond donors (Lipinski definition) is 2. The number of urea groups is 1. The van der Waals surface area contributed by atoms with E-state index in [2.05, 4.69) is 46.8 Å². The first kappa shape index (κ1) is 18.9. The fraction of sp³-hybridized carbons (Fsp3) is 0.500. The number of anilines is 1. The van der Waals surface area contributed by atoms with Gasteiger partial charge in [0.2, 0.25) is 11.0 Å². The second-order valence-corrected chi connectivity index (χ2v) is 8.95. The van der Waals surface area contributed by atoms with Crippen molar-refractivity contribution in [2.24, 2.45) is 0 Å². The van der Waals surface area contributed by atoms with Gasteiger partial charge in [0.05, 0.1) is 0 Å². The number of rotatable bonds is 5. The Morgan fingerprint density at radius 1 is 1.14 bits per heavy atom. The molecule has 4 rings (SSSR count). The molecule has 1 atom stereocenters. The highest BCUT2D eigenvalue weighted by atomic mass is 32.1. The minimum Gasteiger partial charge on any atom is -0.352 e. The molecule has 3 amide bonds. The van der Waals surface area contributed by atoms with E-state index >= 15 is 0 Å². The fourth-order valence-corrected chi connectivity index (χ4v) is 4.33. The smallest absolute Gasteiger partial charge is 0.324 e. The quantitative estimate of drug-likeness (QED) is 0.809. The highest BCUT2D eigenvalue weighted by Crippen LogP contribution is 2.34. The third-order valence-electron chi connectivity index (χ3n) is 5.41. The zero-order valence-corrected chi connectivity index (χ0v) is 17.0. The van der Waals surface area contributed by atoms with Gasteiger partial charge in [-0.05, 0) is 45.1 Å². The molecule has 7 nitrogen and oxygen atoms in total. The number of hydrogen-bond acceptors (Lipinski definition) is 5. The van der Waals surface area contributed by atoms with E-state index in [9.17, 15) is 9.59 Å². The fourth-order valence-electron chi connectivity index (χ4n) is 3.48. The number of nitrogens with one attached hydrogen (secondary N) is 2. The number of benzene rings is 1. The average molecular weight is 400 g/mol. The minimum atomic E-state index is -0.395. The Balaban J connectivity index is 1.43. The topological polar surface area (TPSA) is 87.2 Å². The third kappa shape index (κ3) is 3.87. The highest BCUT2D eigenvalue weighted by molar-refractivity contribution is 7.15. The molecule has 0 bridgehead atoms. The van der Waals surface area contributed by atoms with Gasteiger partial charge in [-0.3, -0.25) is 10.1 Å². The molecule has 0 spiro atoms. The molecule has 2 aromatic rings. The van der Waals surface area contributed by atoms with Crippen LogP contribution in [0.2, 0.25) is 0 Å². The summed E-state index contributed by atoms with van der Waals surface area (Å²) in [5.74, 6) is -0.0432. The Morgan fingerprint density at radius 2 is 1.89 bits per heavy atom. The van der Waals surface area contributed by atoms with Crippen molar-refractivity contribution in [1.29, 1.82) is 0 Å². The Labute approximate surface area is 168 Å². The van der Waals surface area contributed by atoms with Gasteiger partial charge in [0.25, 0.3) is 0 Å². The summed E-state index contributed by atoms with van der Waals surface area (Å²) in [6, 6.07) is 9.73. The van der Waals surface area contributed by atoms with Gasteiger partial charge < -0.3 is 10.2 Å². The van der Waals surface area contributed by atoms with Crippen molar-refractivity contribution >= 4 is 28.4 Å². The second kappa shape index (κ2) is 7.50. The lowest BCUT2D eigenvalue weighted by Gasteiger charge is -2.23. The number of carbonyl (C=O) groups excluding carboxylic acids is 2. The molecule has 1 aromatic heterocycles. The van der Waals surface area contributed by atoms with E-state index in [1.54, 1.807) is 4.90 Å². The van der Waals surface area contributed by atoms with Crippen LogP contribution >= 0.6 is 11.3 Å². The molecular weight excluding hydrogens is 374 g/mol. The molecule has 0 radical (unpaired) electrons. The van der Waals surface area contributed by atoms with Gasteiger partial charge in [0, 0.05) is 18.0 Å². The molecule has 1 unspecified atom stereocenters. The molecule has 2 aliphatic rings. The average Bonchev–Trinajstić information content (AvgIpc) is 3.17. The summed E-state index contributed by atoms with van der Waals surface area (Å²) < 4.78 is 0. The lowest BCUT2D eigenvalue weighted by molar-refractivity contribution is -0.124. The summed E-state index contributed by atoms with van der Waals surface area (Å²) >= 11 is 1.37. The van der Waals surface area contributed by atoms with E-state index in [0.717, 1.165) is 29.8 Å². The van der Waals surface area contributed by atoms with Crippen LogP contribution in [0.15, 0.2) is 30.3 Å². The van der Waals surface area contributed by atoms with Crippen molar-refractivity contribution in [3.63, 3.8) is 0 Å². The number of amides is 3. The Bertz CT molecular complexity index is 862. The van der Waals surface area contributed by atoms with Gasteiger partial charge in [-0.1, -0.05) is 41.7 Å². The third-order valence-corrected chi connectivity index (χ3v) is 6.57. The first-order valence-electron chi connectivity index (χ1n) is 9.72. The van der Waals surface area contributed by atoms with Crippen molar-refractivity contribution in [3.05, 3.63) is 40.9 Å². The maximum atomic E-state index is 12.7. The molecule has 28 heavy (non-hydrogen) atoms. The van der Waals surface area contributed by atoms with Crippen LogP contribution in [-0.4, -0.2) is 45.7 Å². The molecule has 1 saturated heterocycles. The van der Waals surface area contributed by atoms with Crippen LogP contribution in [0.5, 0.6) is 0 Å². The van der Waals surface area contributed by atoms with Gasteiger partial charge in [0.15, 0.2) is 0 Å². The molecular formula is C20H25N5O2S. The van der Waals surface area contributed by atoms with Crippen molar-refractivity contribution in [2.45, 2.75) is 57.0 Å².